The average Bonchev–Trinajstić information content (AvgIpc) is 3.55. The summed E-state index contributed by atoms with van der Waals surface area (Å²) in [6.45, 7) is 0.864. The number of nitrogens with one attached hydrogen (secondary N) is 1. The van der Waals surface area contributed by atoms with Gasteiger partial charge in [-0.2, -0.15) is 13.2 Å². The van der Waals surface area contributed by atoms with Crippen molar-refractivity contribution < 1.29 is 45.7 Å². The number of amides is 1. The molecule has 0 spiro atoms. The molecule has 1 fully saturated rings. The van der Waals surface area contributed by atoms with Crippen LogP contribution in [0.3, 0.4) is 0 Å². The third-order valence-electron chi connectivity index (χ3n) is 5.54. The molecule has 1 saturated carbocycles. The smallest absolute Gasteiger partial charge is 0.427 e. The highest BCUT2D eigenvalue weighted by Crippen LogP contribution is 2.41. The van der Waals surface area contributed by atoms with Crippen molar-refractivity contribution in [3.63, 3.8) is 0 Å². The van der Waals surface area contributed by atoms with Crippen molar-refractivity contribution in [3.8, 4) is 11.6 Å². The lowest BCUT2D eigenvalue weighted by Crippen LogP contribution is -2.44. The second-order valence-electron chi connectivity index (χ2n) is 8.71. The molecule has 0 unspecified atom stereocenters. The van der Waals surface area contributed by atoms with Crippen LogP contribution in [0.25, 0.3) is 0 Å². The first-order valence-corrected chi connectivity index (χ1v) is 12.5. The van der Waals surface area contributed by atoms with E-state index >= 15 is 0 Å². The summed E-state index contributed by atoms with van der Waals surface area (Å²) in [7, 11) is -4.24. The molecule has 0 radical (unpaired) electrons. The molecular formula is C21H25F3N4O7S. The molecule has 1 aliphatic carbocycles. The van der Waals surface area contributed by atoms with Gasteiger partial charge in [0.15, 0.2) is 4.90 Å². The van der Waals surface area contributed by atoms with Crippen LogP contribution in [0.15, 0.2) is 29.3 Å². The number of aliphatic hydroxyl groups is 1. The van der Waals surface area contributed by atoms with Crippen molar-refractivity contribution in [2.45, 2.75) is 49.4 Å². The Labute approximate surface area is 204 Å². The minimum absolute atomic E-state index is 0.00662. The van der Waals surface area contributed by atoms with Crippen LogP contribution in [-0.4, -0.2) is 67.5 Å². The molecule has 2 aromatic rings. The third kappa shape index (κ3) is 5.16. The number of alkyl halides is 3. The van der Waals surface area contributed by atoms with Gasteiger partial charge in [0, 0.05) is 11.9 Å². The number of fused-ring (bicyclic) bond motifs is 1. The molecular weight excluding hydrogens is 509 g/mol. The van der Waals surface area contributed by atoms with E-state index < -0.39 is 27.9 Å². The first-order valence-electron chi connectivity index (χ1n) is 11.0. The first-order chi connectivity index (χ1) is 16.8. The average molecular weight is 535 g/mol. The highest BCUT2D eigenvalue weighted by atomic mass is 32.2. The Morgan fingerprint density at radius 3 is 2.67 bits per heavy atom. The molecule has 0 atom stereocenters. The Kier molecular flexibility index (Phi) is 6.72. The number of hydrogen-bond donors (Lipinski definition) is 2. The maximum absolute atomic E-state index is 13.7. The number of carbonyl (C=O) groups is 1. The summed E-state index contributed by atoms with van der Waals surface area (Å²) in [5.41, 5.74) is -2.69. The van der Waals surface area contributed by atoms with Gasteiger partial charge in [-0.25, -0.2) is 13.2 Å². The van der Waals surface area contributed by atoms with Crippen LogP contribution in [0, 0.1) is 0 Å². The predicted molar refractivity (Wildman–Crippen MR) is 120 cm³/mol. The highest BCUT2D eigenvalue weighted by Gasteiger charge is 2.51. The van der Waals surface area contributed by atoms with Crippen LogP contribution in [0.4, 0.5) is 29.3 Å². The number of aliphatic hydroxyl groups excluding tert-OH is 1. The van der Waals surface area contributed by atoms with Crippen LogP contribution in [0.5, 0.6) is 11.6 Å². The summed E-state index contributed by atoms with van der Waals surface area (Å²) in [6.07, 6.45) is -3.10. The number of rotatable bonds is 8. The Hall–Kier alpha value is -3.20. The zero-order valence-electron chi connectivity index (χ0n) is 19.4. The standard InChI is InChI=1S/C21H25F3N4O7S/c1-20(2,21(22,23)24)35-19(30)25-13-3-6-16-15(11-13)28(7-9-33-16)36(31,32)17-12-27(14-4-5-14)26-18(17)34-10-8-29/h3,6,11-12,14,29H,4-5,7-10H2,1-2H3,(H,25,30). The maximum Gasteiger partial charge on any atom is 0.427 e. The normalized spacial score (nSPS) is 16.2. The lowest BCUT2D eigenvalue weighted by atomic mass is 10.1. The molecule has 198 valence electrons. The van der Waals surface area contributed by atoms with Crippen molar-refractivity contribution in [2.24, 2.45) is 0 Å². The van der Waals surface area contributed by atoms with E-state index in [4.69, 9.17) is 14.6 Å². The van der Waals surface area contributed by atoms with Crippen molar-refractivity contribution in [1.82, 2.24) is 9.78 Å². The van der Waals surface area contributed by atoms with Crippen molar-refractivity contribution >= 4 is 27.5 Å². The first kappa shape index (κ1) is 25.9. The fourth-order valence-corrected chi connectivity index (χ4v) is 4.89. The van der Waals surface area contributed by atoms with Gasteiger partial charge in [-0.1, -0.05) is 0 Å². The molecule has 15 heteroatoms. The van der Waals surface area contributed by atoms with Gasteiger partial charge in [-0.3, -0.25) is 14.3 Å². The van der Waals surface area contributed by atoms with E-state index in [2.05, 4.69) is 15.2 Å². The number of sulfonamides is 1. The van der Waals surface area contributed by atoms with E-state index in [0.29, 0.717) is 13.8 Å². The molecule has 2 N–H and O–H groups in total. The van der Waals surface area contributed by atoms with E-state index in [0.717, 1.165) is 17.1 Å². The monoisotopic (exact) mass is 534 g/mol. The van der Waals surface area contributed by atoms with Crippen molar-refractivity contribution in [3.05, 3.63) is 24.4 Å². The van der Waals surface area contributed by atoms with E-state index in [1.54, 1.807) is 0 Å². The van der Waals surface area contributed by atoms with Crippen LogP contribution in [0.1, 0.15) is 32.7 Å². The molecule has 1 amide bonds. The molecule has 2 heterocycles. The molecule has 36 heavy (non-hydrogen) atoms. The number of ether oxygens (including phenoxy) is 3. The second kappa shape index (κ2) is 9.35. The third-order valence-corrected chi connectivity index (χ3v) is 7.34. The lowest BCUT2D eigenvalue weighted by molar-refractivity contribution is -0.242. The summed E-state index contributed by atoms with van der Waals surface area (Å²) in [5.74, 6) is 0.0306. The molecule has 11 nitrogen and oxygen atoms in total. The SMILES string of the molecule is CC(C)(OC(=O)Nc1ccc2c(c1)N(S(=O)(=O)c1cn(C3CC3)nc1OCCO)CCO2)C(F)(F)F. The van der Waals surface area contributed by atoms with Gasteiger partial charge in [0.05, 0.1) is 24.9 Å². The Morgan fingerprint density at radius 2 is 2.03 bits per heavy atom. The fourth-order valence-electron chi connectivity index (χ4n) is 3.38. The largest absolute Gasteiger partial charge is 0.489 e. The minimum atomic E-state index is -4.79. The van der Waals surface area contributed by atoms with Gasteiger partial charge in [-0.05, 0) is 44.9 Å². The number of carbonyl (C=O) groups excluding carboxylic acids is 1. The number of halogens is 3. The molecule has 4 rings (SSSR count). The van der Waals surface area contributed by atoms with E-state index in [1.807, 2.05) is 0 Å². The van der Waals surface area contributed by atoms with Gasteiger partial charge in [0.2, 0.25) is 5.60 Å². The fraction of sp³-hybridized carbons (Fsp3) is 0.524. The van der Waals surface area contributed by atoms with Gasteiger partial charge in [0.25, 0.3) is 15.9 Å². The summed E-state index contributed by atoms with van der Waals surface area (Å²) in [4.78, 5) is 11.9. The van der Waals surface area contributed by atoms with Crippen molar-refractivity contribution in [2.75, 3.05) is 36.0 Å². The van der Waals surface area contributed by atoms with Crippen LogP contribution in [-0.2, 0) is 14.8 Å². The van der Waals surface area contributed by atoms with E-state index in [1.165, 1.54) is 29.1 Å². The number of anilines is 2. The number of hydrogen-bond acceptors (Lipinski definition) is 8. The highest BCUT2D eigenvalue weighted by molar-refractivity contribution is 7.93. The summed E-state index contributed by atoms with van der Waals surface area (Å²) in [5, 5.41) is 15.5. The number of benzene rings is 1. The van der Waals surface area contributed by atoms with E-state index in [9.17, 15) is 26.4 Å². The molecule has 1 aromatic carbocycles. The Morgan fingerprint density at radius 1 is 1.31 bits per heavy atom. The van der Waals surface area contributed by atoms with Gasteiger partial charge in [-0.15, -0.1) is 5.10 Å². The molecule has 2 aliphatic rings. The van der Waals surface area contributed by atoms with Gasteiger partial charge in [0.1, 0.15) is 19.0 Å². The lowest BCUT2D eigenvalue weighted by Gasteiger charge is -2.31. The van der Waals surface area contributed by atoms with Gasteiger partial charge >= 0.3 is 12.3 Å². The quantitative estimate of drug-likeness (QED) is 0.528. The van der Waals surface area contributed by atoms with Crippen LogP contribution in [0.2, 0.25) is 0 Å². The zero-order chi connectivity index (χ0) is 26.3. The Bertz CT molecular complexity index is 1240. The molecule has 0 bridgehead atoms. The molecule has 0 saturated heterocycles. The van der Waals surface area contributed by atoms with Gasteiger partial charge < -0.3 is 19.3 Å². The maximum atomic E-state index is 13.7. The van der Waals surface area contributed by atoms with E-state index in [-0.39, 0.29) is 60.3 Å². The number of nitrogens with zero attached hydrogens (tertiary/aromatic N) is 3. The molecule has 1 aromatic heterocycles. The summed E-state index contributed by atoms with van der Waals surface area (Å²) < 4.78 is 84.4. The van der Waals surface area contributed by atoms with Crippen LogP contribution < -0.4 is 19.1 Å². The Balaban J connectivity index is 1.62. The minimum Gasteiger partial charge on any atom is -0.489 e. The van der Waals surface area contributed by atoms with Crippen molar-refractivity contribution in [1.29, 1.82) is 0 Å². The topological polar surface area (TPSA) is 132 Å². The summed E-state index contributed by atoms with van der Waals surface area (Å²) >= 11 is 0. The second-order valence-corrected chi connectivity index (χ2v) is 10.5. The van der Waals surface area contributed by atoms with Crippen LogP contribution >= 0.6 is 0 Å². The zero-order valence-corrected chi connectivity index (χ0v) is 20.2. The summed E-state index contributed by atoms with van der Waals surface area (Å²) in [6, 6.07) is 4.05. The molecule has 1 aliphatic heterocycles. The number of aromatic nitrogens is 2. The predicted octanol–water partition coefficient (Wildman–Crippen LogP) is 3.07.